The molecule has 0 unspecified atom stereocenters. The van der Waals surface area contributed by atoms with Crippen molar-refractivity contribution in [3.8, 4) is 0 Å². The third-order valence-corrected chi connectivity index (χ3v) is 3.77. The lowest BCUT2D eigenvalue weighted by Gasteiger charge is -2.35. The van der Waals surface area contributed by atoms with Gasteiger partial charge in [0, 0.05) is 0 Å². The molecule has 0 saturated carbocycles. The summed E-state index contributed by atoms with van der Waals surface area (Å²) in [5, 5.41) is 3.21. The zero-order valence-electron chi connectivity index (χ0n) is 9.39. The van der Waals surface area contributed by atoms with E-state index >= 15 is 0 Å². The van der Waals surface area contributed by atoms with Crippen molar-refractivity contribution in [2.24, 2.45) is 11.8 Å². The molecule has 0 spiro atoms. The summed E-state index contributed by atoms with van der Waals surface area (Å²) < 4.78 is 37.3. The van der Waals surface area contributed by atoms with Crippen molar-refractivity contribution >= 4 is 0 Å². The number of alkyl halides is 3. The number of halogens is 3. The summed E-state index contributed by atoms with van der Waals surface area (Å²) in [5.74, 6) is -0.311. The van der Waals surface area contributed by atoms with Gasteiger partial charge in [0.25, 0.3) is 0 Å². The van der Waals surface area contributed by atoms with Gasteiger partial charge in [-0.1, -0.05) is 0 Å². The van der Waals surface area contributed by atoms with Gasteiger partial charge in [-0.15, -0.1) is 0 Å². The molecule has 2 aliphatic rings. The lowest BCUT2D eigenvalue weighted by Crippen LogP contribution is -2.45. The Balaban J connectivity index is 1.64. The number of nitrogens with one attached hydrogen (secondary N) is 1. The van der Waals surface area contributed by atoms with Crippen molar-refractivity contribution in [1.82, 2.24) is 10.2 Å². The van der Waals surface area contributed by atoms with Crippen LogP contribution in [0.5, 0.6) is 0 Å². The number of nitrogens with zero attached hydrogens (tertiary/aromatic N) is 1. The van der Waals surface area contributed by atoms with Crippen LogP contribution in [-0.2, 0) is 0 Å². The highest BCUT2D eigenvalue weighted by Crippen LogP contribution is 2.34. The molecule has 0 amide bonds. The van der Waals surface area contributed by atoms with Gasteiger partial charge in [0.05, 0.1) is 5.92 Å². The lowest BCUT2D eigenvalue weighted by atomic mass is 9.94. The van der Waals surface area contributed by atoms with E-state index in [1.807, 2.05) is 0 Å². The van der Waals surface area contributed by atoms with Gasteiger partial charge in [-0.2, -0.15) is 13.2 Å². The van der Waals surface area contributed by atoms with Crippen LogP contribution < -0.4 is 5.32 Å². The molecule has 2 heterocycles. The predicted octanol–water partition coefficient (Wildman–Crippen LogP) is 1.87. The minimum Gasteiger partial charge on any atom is -0.316 e. The number of hydrogen-bond donors (Lipinski definition) is 1. The van der Waals surface area contributed by atoms with Gasteiger partial charge in [0.15, 0.2) is 0 Å². The number of hydrogen-bond acceptors (Lipinski definition) is 2. The maximum absolute atomic E-state index is 12.4. The Morgan fingerprint density at radius 3 is 2.19 bits per heavy atom. The molecule has 16 heavy (non-hydrogen) atoms. The van der Waals surface area contributed by atoms with Gasteiger partial charge >= 0.3 is 6.18 Å². The third-order valence-electron chi connectivity index (χ3n) is 3.77. The van der Waals surface area contributed by atoms with Gasteiger partial charge in [-0.25, -0.2) is 0 Å². The van der Waals surface area contributed by atoms with Crippen LogP contribution in [0.4, 0.5) is 13.2 Å². The van der Waals surface area contributed by atoms with Crippen LogP contribution in [-0.4, -0.2) is 43.8 Å². The Hall–Kier alpha value is -0.290. The van der Waals surface area contributed by atoms with Crippen molar-refractivity contribution < 1.29 is 13.2 Å². The summed E-state index contributed by atoms with van der Waals surface area (Å²) in [6.45, 7) is 4.36. The van der Waals surface area contributed by atoms with Crippen LogP contribution in [0.3, 0.4) is 0 Å². The minimum atomic E-state index is -3.98. The van der Waals surface area contributed by atoms with E-state index in [0.717, 1.165) is 32.0 Å². The van der Waals surface area contributed by atoms with Crippen molar-refractivity contribution in [3.63, 3.8) is 0 Å². The number of rotatable bonds is 3. The summed E-state index contributed by atoms with van der Waals surface area (Å²) in [7, 11) is 0. The standard InChI is InChI=1S/C11H19F3N2/c12-11(13,14)10-2-5-16(6-3-10)4-1-9-7-15-8-9/h9-10,15H,1-8H2. The molecule has 0 aromatic heterocycles. The number of piperidine rings is 1. The molecule has 0 aromatic carbocycles. The first-order chi connectivity index (χ1) is 7.55. The van der Waals surface area contributed by atoms with E-state index in [2.05, 4.69) is 10.2 Å². The van der Waals surface area contributed by atoms with Gasteiger partial charge < -0.3 is 10.2 Å². The van der Waals surface area contributed by atoms with E-state index in [0.29, 0.717) is 13.1 Å². The Morgan fingerprint density at radius 1 is 1.12 bits per heavy atom. The van der Waals surface area contributed by atoms with Crippen LogP contribution in [0.25, 0.3) is 0 Å². The molecule has 0 aromatic rings. The highest BCUT2D eigenvalue weighted by atomic mass is 19.4. The first-order valence-electron chi connectivity index (χ1n) is 6.05. The van der Waals surface area contributed by atoms with Gasteiger partial charge in [0.1, 0.15) is 0 Å². The monoisotopic (exact) mass is 236 g/mol. The molecule has 2 nitrogen and oxygen atoms in total. The molecule has 2 fully saturated rings. The predicted molar refractivity (Wildman–Crippen MR) is 56.2 cm³/mol. The molecule has 2 rings (SSSR count). The Morgan fingerprint density at radius 2 is 1.75 bits per heavy atom. The normalized spacial score (nSPS) is 25.7. The van der Waals surface area contributed by atoms with Gasteiger partial charge in [-0.05, 0) is 57.9 Å². The summed E-state index contributed by atoms with van der Waals surface area (Å²) in [6, 6.07) is 0. The summed E-state index contributed by atoms with van der Waals surface area (Å²) in [6.07, 6.45) is -2.29. The van der Waals surface area contributed by atoms with Crippen molar-refractivity contribution in [2.75, 3.05) is 32.7 Å². The van der Waals surface area contributed by atoms with Crippen LogP contribution in [0, 0.1) is 11.8 Å². The molecule has 0 aliphatic carbocycles. The fraction of sp³-hybridized carbons (Fsp3) is 1.00. The zero-order chi connectivity index (χ0) is 11.6. The van der Waals surface area contributed by atoms with Crippen LogP contribution >= 0.6 is 0 Å². The maximum atomic E-state index is 12.4. The van der Waals surface area contributed by atoms with E-state index in [-0.39, 0.29) is 12.8 Å². The third kappa shape index (κ3) is 3.10. The highest BCUT2D eigenvalue weighted by Gasteiger charge is 2.40. The molecular weight excluding hydrogens is 217 g/mol. The van der Waals surface area contributed by atoms with Crippen LogP contribution in [0.15, 0.2) is 0 Å². The zero-order valence-corrected chi connectivity index (χ0v) is 9.39. The molecule has 94 valence electrons. The first-order valence-corrected chi connectivity index (χ1v) is 6.05. The molecule has 0 atom stereocenters. The Kier molecular flexibility index (Phi) is 3.74. The van der Waals surface area contributed by atoms with E-state index in [1.165, 1.54) is 0 Å². The highest BCUT2D eigenvalue weighted by molar-refractivity contribution is 4.80. The summed E-state index contributed by atoms with van der Waals surface area (Å²) in [5.41, 5.74) is 0. The fourth-order valence-electron chi connectivity index (χ4n) is 2.40. The van der Waals surface area contributed by atoms with Crippen molar-refractivity contribution in [2.45, 2.75) is 25.4 Å². The second kappa shape index (κ2) is 4.92. The van der Waals surface area contributed by atoms with Gasteiger partial charge in [-0.3, -0.25) is 0 Å². The second-order valence-corrected chi connectivity index (χ2v) is 4.97. The fourth-order valence-corrected chi connectivity index (χ4v) is 2.40. The SMILES string of the molecule is FC(F)(F)C1CCN(CCC2CNC2)CC1. The lowest BCUT2D eigenvalue weighted by molar-refractivity contribution is -0.185. The van der Waals surface area contributed by atoms with E-state index in [9.17, 15) is 13.2 Å². The first kappa shape index (κ1) is 12.2. The van der Waals surface area contributed by atoms with Crippen molar-refractivity contribution in [3.05, 3.63) is 0 Å². The van der Waals surface area contributed by atoms with Crippen molar-refractivity contribution in [1.29, 1.82) is 0 Å². The Bertz CT molecular complexity index is 218. The molecule has 5 heteroatoms. The quantitative estimate of drug-likeness (QED) is 0.804. The van der Waals surface area contributed by atoms with E-state index in [4.69, 9.17) is 0 Å². The largest absolute Gasteiger partial charge is 0.391 e. The van der Waals surface area contributed by atoms with E-state index in [1.54, 1.807) is 0 Å². The molecular formula is C11H19F3N2. The summed E-state index contributed by atoms with van der Waals surface area (Å²) >= 11 is 0. The van der Waals surface area contributed by atoms with Gasteiger partial charge in [0.2, 0.25) is 0 Å². The average Bonchev–Trinajstić information content (AvgIpc) is 2.15. The van der Waals surface area contributed by atoms with Crippen LogP contribution in [0.2, 0.25) is 0 Å². The van der Waals surface area contributed by atoms with E-state index < -0.39 is 12.1 Å². The summed E-state index contributed by atoms with van der Waals surface area (Å²) in [4.78, 5) is 2.18. The van der Waals surface area contributed by atoms with Crippen LogP contribution in [0.1, 0.15) is 19.3 Å². The Labute approximate surface area is 94.2 Å². The molecule has 2 aliphatic heterocycles. The second-order valence-electron chi connectivity index (χ2n) is 4.97. The number of likely N-dealkylation sites (tertiary alicyclic amines) is 1. The molecule has 1 N–H and O–H groups in total. The molecule has 2 saturated heterocycles. The average molecular weight is 236 g/mol. The topological polar surface area (TPSA) is 15.3 Å². The maximum Gasteiger partial charge on any atom is 0.391 e. The molecule has 0 bridgehead atoms. The smallest absolute Gasteiger partial charge is 0.316 e. The minimum absolute atomic E-state index is 0.284. The molecule has 0 radical (unpaired) electrons.